The SMILES string of the molecule is O=C(c1ccc(Br)cc1Cl)N1CCCC(CCl)C1. The fourth-order valence-electron chi connectivity index (χ4n) is 2.21. The number of likely N-dealkylation sites (tertiary alicyclic amines) is 1. The van der Waals surface area contributed by atoms with Crippen LogP contribution in [0.3, 0.4) is 0 Å². The summed E-state index contributed by atoms with van der Waals surface area (Å²) in [4.78, 5) is 14.2. The molecule has 1 aromatic carbocycles. The lowest BCUT2D eigenvalue weighted by molar-refractivity contribution is 0.0685. The Morgan fingerprint density at radius 1 is 1.50 bits per heavy atom. The van der Waals surface area contributed by atoms with Crippen LogP contribution in [-0.2, 0) is 0 Å². The van der Waals surface area contributed by atoms with E-state index in [-0.39, 0.29) is 5.91 Å². The van der Waals surface area contributed by atoms with Crippen LogP contribution in [0.5, 0.6) is 0 Å². The van der Waals surface area contributed by atoms with Crippen molar-refractivity contribution in [2.45, 2.75) is 12.8 Å². The summed E-state index contributed by atoms with van der Waals surface area (Å²) < 4.78 is 0.876. The first kappa shape index (κ1) is 14.2. The molecule has 1 heterocycles. The molecule has 0 spiro atoms. The molecule has 1 unspecified atom stereocenters. The first-order valence-electron chi connectivity index (χ1n) is 5.92. The second kappa shape index (κ2) is 6.27. The Hall–Kier alpha value is -0.250. The van der Waals surface area contributed by atoms with Crippen LogP contribution in [0.15, 0.2) is 22.7 Å². The van der Waals surface area contributed by atoms with Gasteiger partial charge < -0.3 is 4.90 Å². The summed E-state index contributed by atoms with van der Waals surface area (Å²) >= 11 is 15.3. The summed E-state index contributed by atoms with van der Waals surface area (Å²) in [5.74, 6) is 1.01. The number of nitrogens with zero attached hydrogens (tertiary/aromatic N) is 1. The fourth-order valence-corrected chi connectivity index (χ4v) is 3.21. The summed E-state index contributed by atoms with van der Waals surface area (Å²) in [5, 5.41) is 0.488. The molecule has 0 bridgehead atoms. The minimum Gasteiger partial charge on any atom is -0.338 e. The predicted octanol–water partition coefficient (Wildman–Crippen LogP) is 4.19. The van der Waals surface area contributed by atoms with Crippen molar-refractivity contribution in [1.82, 2.24) is 4.90 Å². The molecule has 1 aliphatic heterocycles. The lowest BCUT2D eigenvalue weighted by Gasteiger charge is -2.32. The summed E-state index contributed by atoms with van der Waals surface area (Å²) in [6.07, 6.45) is 2.11. The zero-order valence-corrected chi connectivity index (χ0v) is 12.9. The molecule has 1 aromatic rings. The summed E-state index contributed by atoms with van der Waals surface area (Å²) in [5.41, 5.74) is 0.565. The number of carbonyl (C=O) groups excluding carboxylic acids is 1. The van der Waals surface area contributed by atoms with Crippen molar-refractivity contribution >= 4 is 45.0 Å². The van der Waals surface area contributed by atoms with Crippen LogP contribution >= 0.6 is 39.1 Å². The van der Waals surface area contributed by atoms with Gasteiger partial charge in [0.15, 0.2) is 0 Å². The smallest absolute Gasteiger partial charge is 0.255 e. The minimum absolute atomic E-state index is 0.00215. The van der Waals surface area contributed by atoms with Gasteiger partial charge in [0.2, 0.25) is 0 Å². The van der Waals surface area contributed by atoms with Gasteiger partial charge >= 0.3 is 0 Å². The van der Waals surface area contributed by atoms with Gasteiger partial charge in [0.25, 0.3) is 5.91 Å². The molecule has 0 saturated carbocycles. The molecule has 5 heteroatoms. The Bertz CT molecular complexity index is 453. The maximum absolute atomic E-state index is 12.4. The normalized spacial score (nSPS) is 19.9. The average Bonchev–Trinajstić information content (AvgIpc) is 2.38. The summed E-state index contributed by atoms with van der Waals surface area (Å²) in [6, 6.07) is 5.35. The van der Waals surface area contributed by atoms with Crippen molar-refractivity contribution in [1.29, 1.82) is 0 Å². The van der Waals surface area contributed by atoms with Gasteiger partial charge in [-0.2, -0.15) is 0 Å². The predicted molar refractivity (Wildman–Crippen MR) is 78.5 cm³/mol. The van der Waals surface area contributed by atoms with Crippen molar-refractivity contribution in [2.24, 2.45) is 5.92 Å². The number of alkyl halides is 1. The van der Waals surface area contributed by atoms with Gasteiger partial charge in [0.05, 0.1) is 10.6 Å². The molecule has 1 fully saturated rings. The maximum atomic E-state index is 12.4. The molecule has 0 aromatic heterocycles. The van der Waals surface area contributed by atoms with E-state index in [2.05, 4.69) is 15.9 Å². The Kier molecular flexibility index (Phi) is 4.93. The van der Waals surface area contributed by atoms with E-state index in [1.807, 2.05) is 11.0 Å². The quantitative estimate of drug-likeness (QED) is 0.732. The molecule has 1 aliphatic rings. The second-order valence-corrected chi connectivity index (χ2v) is 6.17. The van der Waals surface area contributed by atoms with Crippen molar-refractivity contribution < 1.29 is 4.79 Å². The molecule has 0 radical (unpaired) electrons. The van der Waals surface area contributed by atoms with Crippen LogP contribution in [0, 0.1) is 5.92 Å². The molecular weight excluding hydrogens is 337 g/mol. The highest BCUT2D eigenvalue weighted by Crippen LogP contribution is 2.25. The fraction of sp³-hybridized carbons (Fsp3) is 0.462. The van der Waals surface area contributed by atoms with Crippen LogP contribution in [-0.4, -0.2) is 29.8 Å². The third kappa shape index (κ3) is 3.19. The number of hydrogen-bond donors (Lipinski definition) is 0. The van der Waals surface area contributed by atoms with Gasteiger partial charge in [-0.1, -0.05) is 27.5 Å². The highest BCUT2D eigenvalue weighted by Gasteiger charge is 2.25. The maximum Gasteiger partial charge on any atom is 0.255 e. The highest BCUT2D eigenvalue weighted by molar-refractivity contribution is 9.10. The molecular formula is C13H14BrCl2NO. The number of hydrogen-bond acceptors (Lipinski definition) is 1. The third-order valence-electron chi connectivity index (χ3n) is 3.19. The van der Waals surface area contributed by atoms with Crippen LogP contribution in [0.1, 0.15) is 23.2 Å². The number of carbonyl (C=O) groups is 1. The lowest BCUT2D eigenvalue weighted by atomic mass is 9.99. The van der Waals surface area contributed by atoms with Gasteiger partial charge in [0, 0.05) is 23.4 Å². The van der Waals surface area contributed by atoms with Gasteiger partial charge in [-0.15, -0.1) is 11.6 Å². The Morgan fingerprint density at radius 2 is 2.28 bits per heavy atom. The van der Waals surface area contributed by atoms with E-state index >= 15 is 0 Å². The van der Waals surface area contributed by atoms with Gasteiger partial charge in [0.1, 0.15) is 0 Å². The number of halogens is 3. The first-order chi connectivity index (χ1) is 8.61. The van der Waals surface area contributed by atoms with E-state index in [0.29, 0.717) is 22.4 Å². The summed E-state index contributed by atoms with van der Waals surface area (Å²) in [6.45, 7) is 1.52. The van der Waals surface area contributed by atoms with Gasteiger partial charge in [-0.3, -0.25) is 4.79 Å². The third-order valence-corrected chi connectivity index (χ3v) is 4.43. The number of rotatable bonds is 2. The van der Waals surface area contributed by atoms with Crippen LogP contribution < -0.4 is 0 Å². The summed E-state index contributed by atoms with van der Waals surface area (Å²) in [7, 11) is 0. The lowest BCUT2D eigenvalue weighted by Crippen LogP contribution is -2.40. The largest absolute Gasteiger partial charge is 0.338 e. The van der Waals surface area contributed by atoms with E-state index in [1.54, 1.807) is 12.1 Å². The standard InChI is InChI=1S/C13H14BrCl2NO/c14-10-3-4-11(12(16)6-10)13(18)17-5-1-2-9(7-15)8-17/h3-4,6,9H,1-2,5,7-8H2. The van der Waals surface area contributed by atoms with E-state index in [9.17, 15) is 4.79 Å². The number of benzene rings is 1. The minimum atomic E-state index is 0.00215. The zero-order valence-electron chi connectivity index (χ0n) is 9.83. The molecule has 0 aliphatic carbocycles. The highest BCUT2D eigenvalue weighted by atomic mass is 79.9. The second-order valence-electron chi connectivity index (χ2n) is 4.54. The Balaban J connectivity index is 2.15. The van der Waals surface area contributed by atoms with Gasteiger partial charge in [-0.05, 0) is 37.0 Å². The van der Waals surface area contributed by atoms with Crippen LogP contribution in [0.4, 0.5) is 0 Å². The molecule has 98 valence electrons. The zero-order chi connectivity index (χ0) is 13.1. The van der Waals surface area contributed by atoms with Crippen LogP contribution in [0.2, 0.25) is 5.02 Å². The van der Waals surface area contributed by atoms with Crippen molar-refractivity contribution in [3.8, 4) is 0 Å². The van der Waals surface area contributed by atoms with Crippen molar-refractivity contribution in [3.63, 3.8) is 0 Å². The molecule has 1 amide bonds. The molecule has 2 rings (SSSR count). The molecule has 2 nitrogen and oxygen atoms in total. The van der Waals surface area contributed by atoms with E-state index < -0.39 is 0 Å². The van der Waals surface area contributed by atoms with E-state index in [4.69, 9.17) is 23.2 Å². The van der Waals surface area contributed by atoms with Crippen molar-refractivity contribution in [3.05, 3.63) is 33.3 Å². The monoisotopic (exact) mass is 349 g/mol. The van der Waals surface area contributed by atoms with Crippen LogP contribution in [0.25, 0.3) is 0 Å². The van der Waals surface area contributed by atoms with Gasteiger partial charge in [-0.25, -0.2) is 0 Å². The molecule has 0 N–H and O–H groups in total. The van der Waals surface area contributed by atoms with E-state index in [1.165, 1.54) is 0 Å². The number of amides is 1. The van der Waals surface area contributed by atoms with Crippen molar-refractivity contribution in [2.75, 3.05) is 19.0 Å². The Labute approximate surface area is 125 Å². The molecule has 1 atom stereocenters. The Morgan fingerprint density at radius 3 is 2.94 bits per heavy atom. The molecule has 18 heavy (non-hydrogen) atoms. The average molecular weight is 351 g/mol. The first-order valence-corrected chi connectivity index (χ1v) is 7.62. The number of piperidine rings is 1. The van der Waals surface area contributed by atoms with E-state index in [0.717, 1.165) is 30.4 Å². The molecule has 1 saturated heterocycles. The topological polar surface area (TPSA) is 20.3 Å².